The highest BCUT2D eigenvalue weighted by atomic mass is 19.1. The van der Waals surface area contributed by atoms with Gasteiger partial charge in [-0.3, -0.25) is 4.79 Å². The van der Waals surface area contributed by atoms with Crippen LogP contribution in [-0.4, -0.2) is 23.7 Å². The lowest BCUT2D eigenvalue weighted by atomic mass is 9.87. The fourth-order valence-electron chi connectivity index (χ4n) is 2.50. The minimum Gasteiger partial charge on any atom is -0.393 e. The van der Waals surface area contributed by atoms with E-state index in [1.165, 1.54) is 18.2 Å². The van der Waals surface area contributed by atoms with Crippen molar-refractivity contribution in [1.82, 2.24) is 5.32 Å². The van der Waals surface area contributed by atoms with E-state index >= 15 is 0 Å². The normalized spacial score (nSPS) is 22.9. The van der Waals surface area contributed by atoms with E-state index in [-0.39, 0.29) is 17.8 Å². The maximum absolute atomic E-state index is 12.7. The first-order valence-electron chi connectivity index (χ1n) is 7.03. The molecule has 0 aromatic heterocycles. The number of aliphatic hydroxyl groups excluding tert-OH is 1. The predicted octanol–water partition coefficient (Wildman–Crippen LogP) is 2.51. The van der Waals surface area contributed by atoms with Crippen molar-refractivity contribution in [3.05, 3.63) is 41.7 Å². The number of nitrogens with one attached hydrogen (secondary N) is 1. The van der Waals surface area contributed by atoms with Gasteiger partial charge in [-0.1, -0.05) is 18.6 Å². The summed E-state index contributed by atoms with van der Waals surface area (Å²) in [5.41, 5.74) is 0.787. The summed E-state index contributed by atoms with van der Waals surface area (Å²) in [4.78, 5) is 11.7. The van der Waals surface area contributed by atoms with Crippen LogP contribution in [0, 0.1) is 11.7 Å². The number of carbonyl (C=O) groups is 1. The number of rotatable bonds is 4. The van der Waals surface area contributed by atoms with E-state index in [0.717, 1.165) is 31.2 Å². The topological polar surface area (TPSA) is 49.3 Å². The molecule has 0 bridgehead atoms. The Hall–Kier alpha value is -1.68. The molecule has 2 atom stereocenters. The molecule has 0 radical (unpaired) electrons. The molecule has 108 valence electrons. The highest BCUT2D eigenvalue weighted by Crippen LogP contribution is 2.23. The van der Waals surface area contributed by atoms with Gasteiger partial charge in [-0.25, -0.2) is 4.39 Å². The van der Waals surface area contributed by atoms with Crippen molar-refractivity contribution in [3.8, 4) is 0 Å². The quantitative estimate of drug-likeness (QED) is 0.831. The van der Waals surface area contributed by atoms with Crippen LogP contribution < -0.4 is 5.32 Å². The summed E-state index contributed by atoms with van der Waals surface area (Å²) >= 11 is 0. The lowest BCUT2D eigenvalue weighted by molar-refractivity contribution is -0.116. The minimum absolute atomic E-state index is 0.158. The zero-order valence-electron chi connectivity index (χ0n) is 11.4. The number of benzene rings is 1. The smallest absolute Gasteiger partial charge is 0.244 e. The van der Waals surface area contributed by atoms with E-state index in [1.54, 1.807) is 18.2 Å². The molecule has 4 heteroatoms. The molecule has 1 saturated carbocycles. The average molecular weight is 277 g/mol. The summed E-state index contributed by atoms with van der Waals surface area (Å²) in [5.74, 6) is -0.0845. The van der Waals surface area contributed by atoms with Gasteiger partial charge in [0.05, 0.1) is 6.10 Å². The molecule has 1 aromatic carbocycles. The summed E-state index contributed by atoms with van der Waals surface area (Å²) in [7, 11) is 0. The van der Waals surface area contributed by atoms with Crippen LogP contribution in [0.4, 0.5) is 4.39 Å². The second-order valence-corrected chi connectivity index (χ2v) is 5.32. The lowest BCUT2D eigenvalue weighted by Gasteiger charge is -2.25. The highest BCUT2D eigenvalue weighted by Gasteiger charge is 2.19. The van der Waals surface area contributed by atoms with Crippen LogP contribution in [0.5, 0.6) is 0 Å². The Kier molecular flexibility index (Phi) is 5.30. The van der Waals surface area contributed by atoms with Crippen molar-refractivity contribution in [1.29, 1.82) is 0 Å². The summed E-state index contributed by atoms with van der Waals surface area (Å²) in [5, 5.41) is 12.4. The maximum Gasteiger partial charge on any atom is 0.244 e. The van der Waals surface area contributed by atoms with Gasteiger partial charge in [0.25, 0.3) is 0 Å². The van der Waals surface area contributed by atoms with Crippen LogP contribution >= 0.6 is 0 Å². The molecule has 20 heavy (non-hydrogen) atoms. The molecule has 2 unspecified atom stereocenters. The molecule has 3 nitrogen and oxygen atoms in total. The first-order chi connectivity index (χ1) is 9.63. The molecule has 0 aliphatic heterocycles. The molecular weight excluding hydrogens is 257 g/mol. The second-order valence-electron chi connectivity index (χ2n) is 5.32. The first-order valence-corrected chi connectivity index (χ1v) is 7.03. The largest absolute Gasteiger partial charge is 0.393 e. The molecule has 1 fully saturated rings. The molecule has 0 spiro atoms. The predicted molar refractivity (Wildman–Crippen MR) is 76.4 cm³/mol. The van der Waals surface area contributed by atoms with E-state index in [4.69, 9.17) is 0 Å². The third kappa shape index (κ3) is 4.78. The van der Waals surface area contributed by atoms with Gasteiger partial charge in [0.1, 0.15) is 5.82 Å². The van der Waals surface area contributed by atoms with Crippen LogP contribution in [0.15, 0.2) is 30.3 Å². The van der Waals surface area contributed by atoms with Gasteiger partial charge < -0.3 is 10.4 Å². The number of aliphatic hydroxyl groups is 1. The fourth-order valence-corrected chi connectivity index (χ4v) is 2.50. The second kappa shape index (κ2) is 7.20. The number of hydrogen-bond donors (Lipinski definition) is 2. The van der Waals surface area contributed by atoms with Crippen LogP contribution in [0.25, 0.3) is 6.08 Å². The summed E-state index contributed by atoms with van der Waals surface area (Å²) in [6.45, 7) is 0.601. The Labute approximate surface area is 118 Å². The van der Waals surface area contributed by atoms with Crippen LogP contribution in [0.1, 0.15) is 31.2 Å². The Morgan fingerprint density at radius 3 is 2.80 bits per heavy atom. The van der Waals surface area contributed by atoms with Crippen molar-refractivity contribution in [2.75, 3.05) is 6.54 Å². The molecule has 2 rings (SSSR count). The maximum atomic E-state index is 12.7. The van der Waals surface area contributed by atoms with Crippen molar-refractivity contribution >= 4 is 12.0 Å². The number of hydrogen-bond acceptors (Lipinski definition) is 2. The van der Waals surface area contributed by atoms with Gasteiger partial charge in [-0.05, 0) is 49.0 Å². The zero-order valence-corrected chi connectivity index (χ0v) is 11.4. The summed E-state index contributed by atoms with van der Waals surface area (Å²) < 4.78 is 12.7. The van der Waals surface area contributed by atoms with Crippen LogP contribution in [0.3, 0.4) is 0 Å². The van der Waals surface area contributed by atoms with E-state index < -0.39 is 0 Å². The Bertz CT molecular complexity index is 470. The van der Waals surface area contributed by atoms with E-state index in [9.17, 15) is 14.3 Å². The van der Waals surface area contributed by atoms with Gasteiger partial charge >= 0.3 is 0 Å². The Morgan fingerprint density at radius 2 is 2.10 bits per heavy atom. The fraction of sp³-hybridized carbons (Fsp3) is 0.438. The van der Waals surface area contributed by atoms with E-state index in [1.807, 2.05) is 0 Å². The van der Waals surface area contributed by atoms with Gasteiger partial charge in [0, 0.05) is 12.6 Å². The standard InChI is InChI=1S/C16H20FNO2/c17-14-7-4-12(5-8-14)6-9-16(20)18-11-13-2-1-3-15(19)10-13/h4-9,13,15,19H,1-3,10-11H2,(H,18,20). The van der Waals surface area contributed by atoms with Crippen molar-refractivity contribution < 1.29 is 14.3 Å². The van der Waals surface area contributed by atoms with Crippen molar-refractivity contribution in [2.45, 2.75) is 31.8 Å². The highest BCUT2D eigenvalue weighted by molar-refractivity contribution is 5.91. The molecule has 2 N–H and O–H groups in total. The monoisotopic (exact) mass is 277 g/mol. The van der Waals surface area contributed by atoms with Gasteiger partial charge in [0.2, 0.25) is 5.91 Å². The summed E-state index contributed by atoms with van der Waals surface area (Å²) in [6.07, 6.45) is 6.60. The van der Waals surface area contributed by atoms with Gasteiger partial charge in [-0.15, -0.1) is 0 Å². The lowest BCUT2D eigenvalue weighted by Crippen LogP contribution is -2.32. The molecule has 0 heterocycles. The molecule has 1 aliphatic rings. The number of amides is 1. The molecule has 1 amide bonds. The Balaban J connectivity index is 1.76. The molecular formula is C16H20FNO2. The third-order valence-corrected chi connectivity index (χ3v) is 3.62. The number of carbonyl (C=O) groups excluding carboxylic acids is 1. The summed E-state index contributed by atoms with van der Waals surface area (Å²) in [6, 6.07) is 5.97. The van der Waals surface area contributed by atoms with Crippen LogP contribution in [0.2, 0.25) is 0 Å². The average Bonchev–Trinajstić information content (AvgIpc) is 2.45. The van der Waals surface area contributed by atoms with Crippen molar-refractivity contribution in [2.24, 2.45) is 5.92 Å². The van der Waals surface area contributed by atoms with Gasteiger partial charge in [0.15, 0.2) is 0 Å². The van der Waals surface area contributed by atoms with E-state index in [2.05, 4.69) is 5.32 Å². The van der Waals surface area contributed by atoms with Crippen LogP contribution in [-0.2, 0) is 4.79 Å². The first kappa shape index (κ1) is 14.7. The molecule has 1 aliphatic carbocycles. The van der Waals surface area contributed by atoms with Gasteiger partial charge in [-0.2, -0.15) is 0 Å². The van der Waals surface area contributed by atoms with E-state index in [0.29, 0.717) is 12.5 Å². The number of halogens is 1. The zero-order chi connectivity index (χ0) is 14.4. The molecule has 0 saturated heterocycles. The molecule has 1 aromatic rings. The van der Waals surface area contributed by atoms with Crippen molar-refractivity contribution in [3.63, 3.8) is 0 Å². The Morgan fingerprint density at radius 1 is 1.35 bits per heavy atom. The SMILES string of the molecule is O=C(C=Cc1ccc(F)cc1)NCC1CCCC(O)C1. The third-order valence-electron chi connectivity index (χ3n) is 3.62. The minimum atomic E-state index is -0.289.